The average Bonchev–Trinajstić information content (AvgIpc) is 3.22. The SMILES string of the molecule is Cc1nn(-c2ccccc2)c2sc(C(=O)N3CCCCC3C(=O)O)cc12. The van der Waals surface area contributed by atoms with E-state index in [-0.39, 0.29) is 5.91 Å². The molecule has 4 rings (SSSR count). The van der Waals surface area contributed by atoms with Gasteiger partial charge in [0.15, 0.2) is 0 Å². The number of fused-ring (bicyclic) bond motifs is 1. The van der Waals surface area contributed by atoms with E-state index in [2.05, 4.69) is 5.10 Å². The van der Waals surface area contributed by atoms with Gasteiger partial charge in [0, 0.05) is 11.9 Å². The molecule has 0 bridgehead atoms. The molecule has 1 aromatic carbocycles. The van der Waals surface area contributed by atoms with Crippen molar-refractivity contribution in [2.75, 3.05) is 6.54 Å². The topological polar surface area (TPSA) is 75.4 Å². The molecule has 1 aliphatic rings. The number of benzene rings is 1. The zero-order valence-electron chi connectivity index (χ0n) is 14.4. The summed E-state index contributed by atoms with van der Waals surface area (Å²) < 4.78 is 1.84. The number of aryl methyl sites for hydroxylation is 1. The number of carboxylic acids is 1. The highest BCUT2D eigenvalue weighted by molar-refractivity contribution is 7.20. The number of nitrogens with zero attached hydrogens (tertiary/aromatic N) is 3. The quantitative estimate of drug-likeness (QED) is 0.767. The molecule has 3 heterocycles. The van der Waals surface area contributed by atoms with Crippen LogP contribution in [-0.4, -0.2) is 44.3 Å². The van der Waals surface area contributed by atoms with E-state index >= 15 is 0 Å². The Kier molecular flexibility index (Phi) is 4.24. The summed E-state index contributed by atoms with van der Waals surface area (Å²) in [6, 6.07) is 10.9. The monoisotopic (exact) mass is 369 g/mol. The van der Waals surface area contributed by atoms with Crippen LogP contribution in [0, 0.1) is 6.92 Å². The summed E-state index contributed by atoms with van der Waals surface area (Å²) in [6.45, 7) is 2.41. The van der Waals surface area contributed by atoms with Gasteiger partial charge in [-0.15, -0.1) is 11.3 Å². The number of carbonyl (C=O) groups is 2. The van der Waals surface area contributed by atoms with Crippen LogP contribution in [-0.2, 0) is 4.79 Å². The lowest BCUT2D eigenvalue weighted by Crippen LogP contribution is -2.47. The summed E-state index contributed by atoms with van der Waals surface area (Å²) >= 11 is 1.37. The van der Waals surface area contributed by atoms with E-state index in [1.807, 2.05) is 48.0 Å². The fraction of sp³-hybridized carbons (Fsp3) is 0.316. The number of aliphatic carboxylic acids is 1. The van der Waals surface area contributed by atoms with Crippen LogP contribution in [0.4, 0.5) is 0 Å². The van der Waals surface area contributed by atoms with Crippen molar-refractivity contribution in [1.29, 1.82) is 0 Å². The molecule has 134 valence electrons. The van der Waals surface area contributed by atoms with Crippen molar-refractivity contribution in [3.63, 3.8) is 0 Å². The molecule has 1 N–H and O–H groups in total. The second kappa shape index (κ2) is 6.57. The smallest absolute Gasteiger partial charge is 0.326 e. The van der Waals surface area contributed by atoms with Crippen LogP contribution in [0.3, 0.4) is 0 Å². The van der Waals surface area contributed by atoms with E-state index in [1.54, 1.807) is 0 Å². The molecule has 1 fully saturated rings. The molecule has 0 aliphatic carbocycles. The number of hydrogen-bond acceptors (Lipinski definition) is 4. The highest BCUT2D eigenvalue weighted by Crippen LogP contribution is 2.32. The van der Waals surface area contributed by atoms with Crippen LogP contribution >= 0.6 is 11.3 Å². The highest BCUT2D eigenvalue weighted by atomic mass is 32.1. The Balaban J connectivity index is 1.74. The lowest BCUT2D eigenvalue weighted by molar-refractivity contribution is -0.143. The molecule has 3 aromatic rings. The highest BCUT2D eigenvalue weighted by Gasteiger charge is 2.33. The number of likely N-dealkylation sites (tertiary alicyclic amines) is 1. The molecular weight excluding hydrogens is 350 g/mol. The average molecular weight is 369 g/mol. The van der Waals surface area contributed by atoms with E-state index in [9.17, 15) is 14.7 Å². The summed E-state index contributed by atoms with van der Waals surface area (Å²) in [5.74, 6) is -1.12. The lowest BCUT2D eigenvalue weighted by atomic mass is 10.0. The minimum atomic E-state index is -0.925. The lowest BCUT2D eigenvalue weighted by Gasteiger charge is -2.32. The van der Waals surface area contributed by atoms with Gasteiger partial charge >= 0.3 is 5.97 Å². The summed E-state index contributed by atoms with van der Waals surface area (Å²) in [4.78, 5) is 27.5. The number of thiophene rings is 1. The number of aromatic nitrogens is 2. The molecule has 6 nitrogen and oxygen atoms in total. The molecule has 0 radical (unpaired) electrons. The van der Waals surface area contributed by atoms with Crippen LogP contribution < -0.4 is 0 Å². The standard InChI is InChI=1S/C19H19N3O3S/c1-12-14-11-16(17(23)21-10-6-5-9-15(21)19(24)25)26-18(14)22(20-12)13-7-3-2-4-8-13/h2-4,7-8,11,15H,5-6,9-10H2,1H3,(H,24,25). The summed E-state index contributed by atoms with van der Waals surface area (Å²) in [5.41, 5.74) is 1.79. The number of piperidine rings is 1. The molecule has 2 aromatic heterocycles. The zero-order chi connectivity index (χ0) is 18.3. The fourth-order valence-corrected chi connectivity index (χ4v) is 4.61. The number of carbonyl (C=O) groups excluding carboxylic acids is 1. The largest absolute Gasteiger partial charge is 0.480 e. The van der Waals surface area contributed by atoms with Crippen molar-refractivity contribution in [1.82, 2.24) is 14.7 Å². The first-order valence-electron chi connectivity index (χ1n) is 8.64. The molecule has 7 heteroatoms. The van der Waals surface area contributed by atoms with Crippen molar-refractivity contribution < 1.29 is 14.7 Å². The van der Waals surface area contributed by atoms with Gasteiger partial charge in [-0.1, -0.05) is 18.2 Å². The molecule has 1 saturated heterocycles. The Hall–Kier alpha value is -2.67. The van der Waals surface area contributed by atoms with E-state index in [1.165, 1.54) is 16.2 Å². The summed E-state index contributed by atoms with van der Waals surface area (Å²) in [6.07, 6.45) is 2.20. The third-order valence-electron chi connectivity index (χ3n) is 4.80. The van der Waals surface area contributed by atoms with E-state index in [4.69, 9.17) is 0 Å². The Morgan fingerprint density at radius 2 is 2.00 bits per heavy atom. The second-order valence-corrected chi connectivity index (χ2v) is 7.54. The molecule has 0 spiro atoms. The number of hydrogen-bond donors (Lipinski definition) is 1. The van der Waals surface area contributed by atoms with Crippen LogP contribution in [0.25, 0.3) is 15.9 Å². The molecule has 26 heavy (non-hydrogen) atoms. The Morgan fingerprint density at radius 1 is 1.23 bits per heavy atom. The van der Waals surface area contributed by atoms with Gasteiger partial charge in [0.1, 0.15) is 10.9 Å². The van der Waals surface area contributed by atoms with Gasteiger partial charge in [-0.25, -0.2) is 9.48 Å². The van der Waals surface area contributed by atoms with Gasteiger partial charge in [-0.2, -0.15) is 5.10 Å². The molecule has 1 unspecified atom stereocenters. The van der Waals surface area contributed by atoms with E-state index in [0.29, 0.717) is 17.8 Å². The molecule has 1 aliphatic heterocycles. The van der Waals surface area contributed by atoms with Crippen LogP contribution in [0.5, 0.6) is 0 Å². The van der Waals surface area contributed by atoms with Crippen LogP contribution in [0.2, 0.25) is 0 Å². The summed E-state index contributed by atoms with van der Waals surface area (Å²) in [7, 11) is 0. The van der Waals surface area contributed by atoms with Crippen molar-refractivity contribution in [2.24, 2.45) is 0 Å². The Labute approximate surface area is 154 Å². The minimum Gasteiger partial charge on any atom is -0.480 e. The van der Waals surface area contributed by atoms with Crippen molar-refractivity contribution in [2.45, 2.75) is 32.2 Å². The predicted octanol–water partition coefficient (Wildman–Crippen LogP) is 3.47. The molecule has 1 amide bonds. The van der Waals surface area contributed by atoms with Crippen molar-refractivity contribution >= 4 is 33.4 Å². The van der Waals surface area contributed by atoms with Crippen molar-refractivity contribution in [3.05, 3.63) is 47.0 Å². The second-order valence-electron chi connectivity index (χ2n) is 6.51. The first-order valence-corrected chi connectivity index (χ1v) is 9.46. The predicted molar refractivity (Wildman–Crippen MR) is 100.0 cm³/mol. The summed E-state index contributed by atoms with van der Waals surface area (Å²) in [5, 5.41) is 15.0. The number of amides is 1. The van der Waals surface area contributed by atoms with Gasteiger partial charge in [-0.05, 0) is 44.4 Å². The van der Waals surface area contributed by atoms with E-state index < -0.39 is 12.0 Å². The van der Waals surface area contributed by atoms with Gasteiger partial charge in [0.25, 0.3) is 5.91 Å². The van der Waals surface area contributed by atoms with Crippen LogP contribution in [0.1, 0.15) is 34.6 Å². The maximum Gasteiger partial charge on any atom is 0.326 e. The maximum absolute atomic E-state index is 13.0. The first kappa shape index (κ1) is 16.8. The minimum absolute atomic E-state index is 0.197. The molecular formula is C19H19N3O3S. The van der Waals surface area contributed by atoms with Crippen LogP contribution in [0.15, 0.2) is 36.4 Å². The van der Waals surface area contributed by atoms with Gasteiger partial charge in [-0.3, -0.25) is 4.79 Å². The van der Waals surface area contributed by atoms with Gasteiger partial charge < -0.3 is 10.0 Å². The van der Waals surface area contributed by atoms with Crippen molar-refractivity contribution in [3.8, 4) is 5.69 Å². The third kappa shape index (κ3) is 2.78. The Morgan fingerprint density at radius 3 is 2.73 bits per heavy atom. The maximum atomic E-state index is 13.0. The number of rotatable bonds is 3. The Bertz CT molecular complexity index is 977. The number of para-hydroxylation sites is 1. The van der Waals surface area contributed by atoms with Gasteiger partial charge in [0.05, 0.1) is 16.3 Å². The fourth-order valence-electron chi connectivity index (χ4n) is 3.47. The zero-order valence-corrected chi connectivity index (χ0v) is 15.2. The molecule has 1 atom stereocenters. The molecule has 0 saturated carbocycles. The van der Waals surface area contributed by atoms with Gasteiger partial charge in [0.2, 0.25) is 0 Å². The number of carboxylic acid groups (broad SMARTS) is 1. The normalized spacial score (nSPS) is 17.6. The third-order valence-corrected chi connectivity index (χ3v) is 5.90. The van der Waals surface area contributed by atoms with E-state index in [0.717, 1.165) is 34.4 Å². The first-order chi connectivity index (χ1) is 12.6.